The van der Waals surface area contributed by atoms with Gasteiger partial charge in [-0.15, -0.1) is 11.3 Å². The lowest BCUT2D eigenvalue weighted by Crippen LogP contribution is -2.37. The summed E-state index contributed by atoms with van der Waals surface area (Å²) in [6.45, 7) is 6.89. The molecule has 1 aliphatic carbocycles. The zero-order valence-corrected chi connectivity index (χ0v) is 11.1. The van der Waals surface area contributed by atoms with Crippen molar-refractivity contribution in [1.82, 2.24) is 10.3 Å². The Labute approximate surface area is 102 Å². The van der Waals surface area contributed by atoms with Crippen LogP contribution in [0.3, 0.4) is 0 Å². The highest BCUT2D eigenvalue weighted by atomic mass is 32.1. The highest BCUT2D eigenvalue weighted by Crippen LogP contribution is 2.36. The fraction of sp³-hybridized carbons (Fsp3) is 0.769. The van der Waals surface area contributed by atoms with E-state index in [9.17, 15) is 0 Å². The molecule has 2 nitrogen and oxygen atoms in total. The second-order valence-corrected chi connectivity index (χ2v) is 6.26. The molecule has 16 heavy (non-hydrogen) atoms. The number of nitrogens with zero attached hydrogens (tertiary/aromatic N) is 1. The first-order chi connectivity index (χ1) is 7.75. The molecule has 1 N–H and O–H groups in total. The van der Waals surface area contributed by atoms with Gasteiger partial charge in [0.15, 0.2) is 0 Å². The van der Waals surface area contributed by atoms with E-state index in [2.05, 4.69) is 29.5 Å². The van der Waals surface area contributed by atoms with E-state index in [0.29, 0.717) is 0 Å². The summed E-state index contributed by atoms with van der Waals surface area (Å²) in [6.07, 6.45) is 5.92. The van der Waals surface area contributed by atoms with Gasteiger partial charge in [0.25, 0.3) is 0 Å². The monoisotopic (exact) mass is 238 g/mol. The highest BCUT2D eigenvalue weighted by Gasteiger charge is 2.30. The molecule has 1 fully saturated rings. The summed E-state index contributed by atoms with van der Waals surface area (Å²) in [5.41, 5.74) is 0. The number of nitrogens with one attached hydrogen (secondary N) is 1. The lowest BCUT2D eigenvalue weighted by molar-refractivity contribution is 0.169. The molecule has 0 aromatic carbocycles. The summed E-state index contributed by atoms with van der Waals surface area (Å²) >= 11 is 1.80. The van der Waals surface area contributed by atoms with E-state index in [1.165, 1.54) is 30.8 Å². The average molecular weight is 238 g/mol. The van der Waals surface area contributed by atoms with Crippen molar-refractivity contribution >= 4 is 11.3 Å². The third-order valence-corrected chi connectivity index (χ3v) is 4.26. The number of aromatic nitrogens is 1. The van der Waals surface area contributed by atoms with E-state index in [0.717, 1.165) is 24.3 Å². The molecule has 0 aliphatic heterocycles. The number of hydrogen-bond donors (Lipinski definition) is 1. The molecule has 0 radical (unpaired) electrons. The van der Waals surface area contributed by atoms with Gasteiger partial charge in [0, 0.05) is 18.0 Å². The van der Waals surface area contributed by atoms with Crippen LogP contribution in [-0.4, -0.2) is 18.1 Å². The molecule has 1 aliphatic rings. The fourth-order valence-corrected chi connectivity index (χ4v) is 3.02. The maximum absolute atomic E-state index is 4.38. The molecule has 0 amide bonds. The van der Waals surface area contributed by atoms with Crippen molar-refractivity contribution in [1.29, 1.82) is 0 Å². The Morgan fingerprint density at radius 1 is 1.44 bits per heavy atom. The van der Waals surface area contributed by atoms with Crippen molar-refractivity contribution in [2.24, 2.45) is 17.8 Å². The van der Waals surface area contributed by atoms with E-state index in [1.807, 2.05) is 6.20 Å². The summed E-state index contributed by atoms with van der Waals surface area (Å²) < 4.78 is 0. The number of rotatable bonds is 6. The molecule has 90 valence electrons. The maximum atomic E-state index is 4.38. The largest absolute Gasteiger partial charge is 0.316 e. The Morgan fingerprint density at radius 3 is 2.81 bits per heavy atom. The van der Waals surface area contributed by atoms with Crippen LogP contribution in [0.4, 0.5) is 0 Å². The molecular formula is C13H22N2S. The minimum Gasteiger partial charge on any atom is -0.316 e. The third-order valence-electron chi connectivity index (χ3n) is 3.45. The Balaban J connectivity index is 1.68. The smallest absolute Gasteiger partial charge is 0.0927 e. The van der Waals surface area contributed by atoms with E-state index < -0.39 is 0 Å². The molecule has 1 aromatic rings. The summed E-state index contributed by atoms with van der Waals surface area (Å²) in [6, 6.07) is 0. The van der Waals surface area contributed by atoms with Gasteiger partial charge in [-0.2, -0.15) is 0 Å². The molecule has 0 spiro atoms. The molecular weight excluding hydrogens is 216 g/mol. The lowest BCUT2D eigenvalue weighted by Gasteiger charge is -2.36. The van der Waals surface area contributed by atoms with E-state index in [4.69, 9.17) is 0 Å². The van der Waals surface area contributed by atoms with Gasteiger partial charge in [0.05, 0.1) is 5.01 Å². The molecule has 2 atom stereocenters. The van der Waals surface area contributed by atoms with Crippen LogP contribution in [0.1, 0.15) is 31.7 Å². The molecule has 0 saturated heterocycles. The van der Waals surface area contributed by atoms with Crippen LogP contribution < -0.4 is 5.32 Å². The zero-order valence-electron chi connectivity index (χ0n) is 10.3. The summed E-state index contributed by atoms with van der Waals surface area (Å²) in [7, 11) is 0. The zero-order chi connectivity index (χ0) is 11.4. The van der Waals surface area contributed by atoms with Gasteiger partial charge in [0.1, 0.15) is 0 Å². The van der Waals surface area contributed by atoms with Gasteiger partial charge in [-0.3, -0.25) is 0 Å². The van der Waals surface area contributed by atoms with Crippen LogP contribution in [0.15, 0.2) is 11.6 Å². The quantitative estimate of drug-likeness (QED) is 0.824. The summed E-state index contributed by atoms with van der Waals surface area (Å²) in [5, 5.41) is 6.98. The minimum atomic E-state index is 0.762. The van der Waals surface area contributed by atoms with Gasteiger partial charge < -0.3 is 5.32 Å². The Bertz CT molecular complexity index is 295. The van der Waals surface area contributed by atoms with Gasteiger partial charge in [-0.1, -0.05) is 13.8 Å². The van der Waals surface area contributed by atoms with Crippen LogP contribution in [0.2, 0.25) is 0 Å². The Kier molecular flexibility index (Phi) is 4.36. The molecule has 1 aromatic heterocycles. The highest BCUT2D eigenvalue weighted by molar-refractivity contribution is 7.09. The van der Waals surface area contributed by atoms with E-state index >= 15 is 0 Å². The van der Waals surface area contributed by atoms with Crippen LogP contribution in [0.5, 0.6) is 0 Å². The minimum absolute atomic E-state index is 0.762. The molecule has 2 unspecified atom stereocenters. The predicted molar refractivity (Wildman–Crippen MR) is 69.7 cm³/mol. The van der Waals surface area contributed by atoms with Gasteiger partial charge in [-0.25, -0.2) is 4.98 Å². The number of hydrogen-bond acceptors (Lipinski definition) is 3. The topological polar surface area (TPSA) is 24.9 Å². The normalized spacial score (nSPS) is 24.7. The average Bonchev–Trinajstić information content (AvgIpc) is 2.71. The molecule has 2 rings (SSSR count). The van der Waals surface area contributed by atoms with Crippen molar-refractivity contribution in [3.8, 4) is 0 Å². The van der Waals surface area contributed by atoms with E-state index in [-0.39, 0.29) is 0 Å². The van der Waals surface area contributed by atoms with Gasteiger partial charge in [0.2, 0.25) is 0 Å². The molecule has 0 bridgehead atoms. The SMILES string of the molecule is CC(C)CNCC1CCC1Cc1nccs1. The predicted octanol–water partition coefficient (Wildman–Crippen LogP) is 2.96. The van der Waals surface area contributed by atoms with Crippen molar-refractivity contribution in [3.63, 3.8) is 0 Å². The van der Waals surface area contributed by atoms with Crippen molar-refractivity contribution in [3.05, 3.63) is 16.6 Å². The summed E-state index contributed by atoms with van der Waals surface area (Å²) in [4.78, 5) is 4.38. The Morgan fingerprint density at radius 2 is 2.25 bits per heavy atom. The molecule has 3 heteroatoms. The van der Waals surface area contributed by atoms with Crippen molar-refractivity contribution in [2.75, 3.05) is 13.1 Å². The first kappa shape index (κ1) is 12.1. The van der Waals surface area contributed by atoms with Crippen molar-refractivity contribution < 1.29 is 0 Å². The van der Waals surface area contributed by atoms with Crippen LogP contribution >= 0.6 is 11.3 Å². The van der Waals surface area contributed by atoms with Crippen LogP contribution in [-0.2, 0) is 6.42 Å². The first-order valence-electron chi connectivity index (χ1n) is 6.34. The second kappa shape index (κ2) is 5.78. The summed E-state index contributed by atoms with van der Waals surface area (Å²) in [5.74, 6) is 2.53. The molecule has 1 saturated carbocycles. The van der Waals surface area contributed by atoms with Crippen LogP contribution in [0.25, 0.3) is 0 Å². The second-order valence-electron chi connectivity index (χ2n) is 5.28. The van der Waals surface area contributed by atoms with Gasteiger partial charge >= 0.3 is 0 Å². The third kappa shape index (κ3) is 3.29. The van der Waals surface area contributed by atoms with E-state index in [1.54, 1.807) is 11.3 Å². The standard InChI is InChI=1S/C13H22N2S/c1-10(2)8-14-9-12-4-3-11(12)7-13-15-5-6-16-13/h5-6,10-12,14H,3-4,7-9H2,1-2H3. The first-order valence-corrected chi connectivity index (χ1v) is 7.22. The van der Waals surface area contributed by atoms with Crippen molar-refractivity contribution in [2.45, 2.75) is 33.1 Å². The maximum Gasteiger partial charge on any atom is 0.0927 e. The Hall–Kier alpha value is -0.410. The fourth-order valence-electron chi connectivity index (χ4n) is 2.31. The lowest BCUT2D eigenvalue weighted by atomic mass is 9.72. The van der Waals surface area contributed by atoms with Crippen LogP contribution in [0, 0.1) is 17.8 Å². The number of thiazole rings is 1. The van der Waals surface area contributed by atoms with Gasteiger partial charge in [-0.05, 0) is 43.7 Å². The molecule has 1 heterocycles.